The number of amides is 2. The van der Waals surface area contributed by atoms with Gasteiger partial charge in [0.25, 0.3) is 0 Å². The largest absolute Gasteiger partial charge is 0.481 e. The molecule has 2 amide bonds. The van der Waals surface area contributed by atoms with Gasteiger partial charge in [-0.05, 0) is 58.0 Å². The first-order valence-electron chi connectivity index (χ1n) is 10.1. The molecule has 0 aromatic carbocycles. The Morgan fingerprint density at radius 1 is 1.24 bits per heavy atom. The predicted molar refractivity (Wildman–Crippen MR) is 108 cm³/mol. The van der Waals surface area contributed by atoms with Crippen LogP contribution in [0.15, 0.2) is 0 Å². The van der Waals surface area contributed by atoms with Gasteiger partial charge in [-0.1, -0.05) is 6.92 Å². The zero-order chi connectivity index (χ0) is 22.0. The fourth-order valence-electron chi connectivity index (χ4n) is 3.29. The molecule has 0 bridgehead atoms. The van der Waals surface area contributed by atoms with E-state index in [4.69, 9.17) is 5.73 Å². The van der Waals surface area contributed by atoms with Crippen LogP contribution in [0.1, 0.15) is 58.8 Å². The molecule has 0 aromatic rings. The van der Waals surface area contributed by atoms with Gasteiger partial charge in [-0.2, -0.15) is 4.72 Å². The second kappa shape index (κ2) is 12.2. The van der Waals surface area contributed by atoms with Gasteiger partial charge in [-0.25, -0.2) is 8.42 Å². The summed E-state index contributed by atoms with van der Waals surface area (Å²) in [6.45, 7) is 4.49. The van der Waals surface area contributed by atoms with Crippen molar-refractivity contribution in [2.24, 2.45) is 11.7 Å². The highest BCUT2D eigenvalue weighted by Crippen LogP contribution is 2.20. The van der Waals surface area contributed by atoms with Crippen LogP contribution in [0, 0.1) is 5.92 Å². The molecule has 5 N–H and O–H groups in total. The molecule has 11 heteroatoms. The van der Waals surface area contributed by atoms with Gasteiger partial charge in [-0.3, -0.25) is 19.3 Å². The molecule has 1 aliphatic heterocycles. The molecule has 0 aromatic heterocycles. The molecule has 10 nitrogen and oxygen atoms in total. The van der Waals surface area contributed by atoms with Gasteiger partial charge in [-0.15, -0.1) is 0 Å². The van der Waals surface area contributed by atoms with E-state index in [2.05, 4.69) is 10.0 Å². The van der Waals surface area contributed by atoms with Crippen molar-refractivity contribution in [1.82, 2.24) is 14.9 Å². The molecule has 1 heterocycles. The summed E-state index contributed by atoms with van der Waals surface area (Å²) in [7, 11) is -3.92. The average Bonchev–Trinajstić information content (AvgIpc) is 2.67. The molecule has 1 rings (SSSR count). The number of carbonyl (C=O) groups excluding carboxylic acids is 2. The molecule has 29 heavy (non-hydrogen) atoms. The monoisotopic (exact) mass is 434 g/mol. The molecule has 0 radical (unpaired) electrons. The first-order valence-corrected chi connectivity index (χ1v) is 11.7. The maximum Gasteiger partial charge on any atom is 0.306 e. The number of nitrogens with two attached hydrogens (primary N) is 1. The molecule has 1 aliphatic rings. The maximum absolute atomic E-state index is 12.7. The SMILES string of the molecule is CC[C@H](C)S(=O)(=O)N[C@@H](CC(=O)O)N(C(=O)CN)C(=O)CCCC1CCNCC1. The summed E-state index contributed by atoms with van der Waals surface area (Å²) in [6.07, 6.45) is 1.48. The number of hydrogen-bond acceptors (Lipinski definition) is 7. The number of hydrogen-bond donors (Lipinski definition) is 4. The minimum atomic E-state index is -3.92. The zero-order valence-corrected chi connectivity index (χ0v) is 18.0. The van der Waals surface area contributed by atoms with E-state index in [0.29, 0.717) is 23.7 Å². The van der Waals surface area contributed by atoms with E-state index in [9.17, 15) is 27.9 Å². The lowest BCUT2D eigenvalue weighted by Gasteiger charge is -2.30. The topological polar surface area (TPSA) is 159 Å². The molecular weight excluding hydrogens is 400 g/mol. The molecule has 0 aliphatic carbocycles. The van der Waals surface area contributed by atoms with E-state index in [1.54, 1.807) is 6.92 Å². The van der Waals surface area contributed by atoms with Crippen LogP contribution in [-0.2, 0) is 24.4 Å². The summed E-state index contributed by atoms with van der Waals surface area (Å²) >= 11 is 0. The normalized spacial score (nSPS) is 17.5. The lowest BCUT2D eigenvalue weighted by atomic mass is 9.92. The highest BCUT2D eigenvalue weighted by Gasteiger charge is 2.34. The summed E-state index contributed by atoms with van der Waals surface area (Å²) in [6, 6.07) is 0. The van der Waals surface area contributed by atoms with Gasteiger partial charge in [0.15, 0.2) is 0 Å². The van der Waals surface area contributed by atoms with Crippen LogP contribution in [0.4, 0.5) is 0 Å². The number of aliphatic carboxylic acids is 1. The number of sulfonamides is 1. The molecule has 1 fully saturated rings. The third kappa shape index (κ3) is 8.37. The Hall–Kier alpha value is -1.56. The van der Waals surface area contributed by atoms with Gasteiger partial charge < -0.3 is 16.2 Å². The molecule has 0 spiro atoms. The number of piperidine rings is 1. The Labute approximate surface area is 172 Å². The number of nitrogens with zero attached hydrogens (tertiary/aromatic N) is 1. The smallest absolute Gasteiger partial charge is 0.306 e. The van der Waals surface area contributed by atoms with E-state index in [-0.39, 0.29) is 6.42 Å². The number of carboxylic acids is 1. The van der Waals surface area contributed by atoms with Crippen LogP contribution in [0.5, 0.6) is 0 Å². The van der Waals surface area contributed by atoms with Crippen LogP contribution >= 0.6 is 0 Å². The van der Waals surface area contributed by atoms with Crippen molar-refractivity contribution < 1.29 is 27.9 Å². The van der Waals surface area contributed by atoms with E-state index in [1.807, 2.05) is 0 Å². The average molecular weight is 435 g/mol. The van der Waals surface area contributed by atoms with E-state index in [1.165, 1.54) is 6.92 Å². The number of carbonyl (C=O) groups is 3. The van der Waals surface area contributed by atoms with Crippen molar-refractivity contribution in [1.29, 1.82) is 0 Å². The summed E-state index contributed by atoms with van der Waals surface area (Å²) in [4.78, 5) is 37.0. The van der Waals surface area contributed by atoms with E-state index >= 15 is 0 Å². The first-order chi connectivity index (χ1) is 13.6. The Morgan fingerprint density at radius 2 is 1.86 bits per heavy atom. The number of nitrogens with one attached hydrogen (secondary N) is 2. The van der Waals surface area contributed by atoms with E-state index < -0.39 is 52.2 Å². The van der Waals surface area contributed by atoms with Crippen molar-refractivity contribution in [3.63, 3.8) is 0 Å². The second-order valence-electron chi connectivity index (χ2n) is 7.44. The highest BCUT2D eigenvalue weighted by atomic mass is 32.2. The summed E-state index contributed by atoms with van der Waals surface area (Å²) in [5.41, 5.74) is 5.40. The first kappa shape index (κ1) is 25.5. The van der Waals surface area contributed by atoms with Crippen molar-refractivity contribution >= 4 is 27.8 Å². The van der Waals surface area contributed by atoms with Crippen molar-refractivity contribution in [3.05, 3.63) is 0 Å². The quantitative estimate of drug-likeness (QED) is 0.312. The van der Waals surface area contributed by atoms with Gasteiger partial charge in [0.1, 0.15) is 6.17 Å². The van der Waals surface area contributed by atoms with Crippen LogP contribution in [0.3, 0.4) is 0 Å². The zero-order valence-electron chi connectivity index (χ0n) is 17.2. The Bertz CT molecular complexity index is 663. The Kier molecular flexibility index (Phi) is 10.7. The fourth-order valence-corrected chi connectivity index (χ4v) is 4.53. The third-order valence-electron chi connectivity index (χ3n) is 5.26. The molecule has 0 saturated carbocycles. The van der Waals surface area contributed by atoms with Gasteiger partial charge in [0.05, 0.1) is 18.2 Å². The predicted octanol–water partition coefficient (Wildman–Crippen LogP) is -0.0111. The van der Waals surface area contributed by atoms with Crippen LogP contribution < -0.4 is 15.8 Å². The van der Waals surface area contributed by atoms with Crippen LogP contribution in [0.25, 0.3) is 0 Å². The molecule has 2 atom stereocenters. The van der Waals surface area contributed by atoms with Crippen LogP contribution in [-0.4, -0.2) is 67.3 Å². The standard InChI is InChI=1S/C18H34N4O6S/c1-3-13(2)29(27,28)21-15(11-18(25)26)22(17(24)12-19)16(23)6-4-5-14-7-9-20-10-8-14/h13-15,20-21H,3-12,19H2,1-2H3,(H,25,26)/t13-,15+/m0/s1. The third-order valence-corrected chi connectivity index (χ3v) is 7.25. The molecular formula is C18H34N4O6S. The van der Waals surface area contributed by atoms with Crippen LogP contribution in [0.2, 0.25) is 0 Å². The Balaban J connectivity index is 2.91. The lowest BCUT2D eigenvalue weighted by molar-refractivity contribution is -0.149. The number of rotatable bonds is 12. The fraction of sp³-hybridized carbons (Fsp3) is 0.833. The van der Waals surface area contributed by atoms with Crippen molar-refractivity contribution in [3.8, 4) is 0 Å². The van der Waals surface area contributed by atoms with Gasteiger partial charge >= 0.3 is 5.97 Å². The van der Waals surface area contributed by atoms with Gasteiger partial charge in [0, 0.05) is 6.42 Å². The molecule has 1 saturated heterocycles. The number of imide groups is 1. The summed E-state index contributed by atoms with van der Waals surface area (Å²) in [5.74, 6) is -2.26. The van der Waals surface area contributed by atoms with Crippen molar-refractivity contribution in [2.45, 2.75) is 70.2 Å². The number of carboxylic acid groups (broad SMARTS) is 1. The summed E-state index contributed by atoms with van der Waals surface area (Å²) in [5, 5.41) is 11.7. The highest BCUT2D eigenvalue weighted by molar-refractivity contribution is 7.90. The minimum absolute atomic E-state index is 0.0246. The second-order valence-corrected chi connectivity index (χ2v) is 9.57. The summed E-state index contributed by atoms with van der Waals surface area (Å²) < 4.78 is 27.1. The Morgan fingerprint density at radius 3 is 2.38 bits per heavy atom. The van der Waals surface area contributed by atoms with E-state index in [0.717, 1.165) is 32.4 Å². The van der Waals surface area contributed by atoms with Gasteiger partial charge in [0.2, 0.25) is 21.8 Å². The maximum atomic E-state index is 12.7. The minimum Gasteiger partial charge on any atom is -0.481 e. The van der Waals surface area contributed by atoms with Crippen molar-refractivity contribution in [2.75, 3.05) is 19.6 Å². The molecule has 168 valence electrons. The lowest BCUT2D eigenvalue weighted by Crippen LogP contribution is -2.56. The molecule has 0 unspecified atom stereocenters.